The fourth-order valence-corrected chi connectivity index (χ4v) is 1.53. The number of aromatic nitrogens is 3. The van der Waals surface area contributed by atoms with Crippen molar-refractivity contribution in [1.29, 1.82) is 0 Å². The van der Waals surface area contributed by atoms with Crippen LogP contribution in [0.5, 0.6) is 11.6 Å². The summed E-state index contributed by atoms with van der Waals surface area (Å²) >= 11 is 17.3. The first-order valence-electron chi connectivity index (χ1n) is 4.56. The zero-order valence-electron chi connectivity index (χ0n) is 8.62. The molecule has 0 fully saturated rings. The van der Waals surface area contributed by atoms with Crippen LogP contribution in [0.2, 0.25) is 15.5 Å². The van der Waals surface area contributed by atoms with Crippen LogP contribution in [0.15, 0.2) is 18.2 Å². The van der Waals surface area contributed by atoms with Gasteiger partial charge in [0.2, 0.25) is 10.4 Å². The van der Waals surface area contributed by atoms with Gasteiger partial charge in [0, 0.05) is 5.02 Å². The lowest BCUT2D eigenvalue weighted by atomic mass is 10.2. The Kier molecular flexibility index (Phi) is 3.66. The van der Waals surface area contributed by atoms with E-state index >= 15 is 0 Å². The quantitative estimate of drug-likeness (QED) is 0.840. The first-order valence-corrected chi connectivity index (χ1v) is 5.69. The lowest BCUT2D eigenvalue weighted by Gasteiger charge is -2.08. The van der Waals surface area contributed by atoms with Crippen LogP contribution in [0.25, 0.3) is 0 Å². The molecule has 0 radical (unpaired) electrons. The highest BCUT2D eigenvalue weighted by molar-refractivity contribution is 6.31. The first kappa shape index (κ1) is 12.4. The molecule has 1 heterocycles. The standard InChI is InChI=1S/C10H6Cl3N3O/c1-5-2-3-6(11)4-7(5)17-9-8(12)15-16-10(13)14-9/h2-4H,1H3. The molecule has 2 rings (SSSR count). The molecule has 0 saturated heterocycles. The Morgan fingerprint density at radius 1 is 1.12 bits per heavy atom. The van der Waals surface area contributed by atoms with Crippen molar-refractivity contribution in [3.8, 4) is 11.6 Å². The van der Waals surface area contributed by atoms with Gasteiger partial charge in [0.05, 0.1) is 0 Å². The van der Waals surface area contributed by atoms with Gasteiger partial charge in [-0.1, -0.05) is 29.3 Å². The summed E-state index contributed by atoms with van der Waals surface area (Å²) in [6.45, 7) is 1.87. The average Bonchev–Trinajstić information content (AvgIpc) is 2.28. The molecule has 2 aromatic rings. The van der Waals surface area contributed by atoms with E-state index in [1.54, 1.807) is 12.1 Å². The zero-order chi connectivity index (χ0) is 12.4. The molecule has 0 N–H and O–H groups in total. The van der Waals surface area contributed by atoms with Crippen LogP contribution >= 0.6 is 34.8 Å². The largest absolute Gasteiger partial charge is 0.436 e. The highest BCUT2D eigenvalue weighted by Gasteiger charge is 2.10. The van der Waals surface area contributed by atoms with Gasteiger partial charge < -0.3 is 4.74 Å². The van der Waals surface area contributed by atoms with Crippen LogP contribution < -0.4 is 4.74 Å². The van der Waals surface area contributed by atoms with Crippen LogP contribution in [0, 0.1) is 6.92 Å². The molecule has 0 atom stereocenters. The molecule has 0 spiro atoms. The molecular formula is C10H6Cl3N3O. The number of nitrogens with zero attached hydrogens (tertiary/aromatic N) is 3. The van der Waals surface area contributed by atoms with Gasteiger partial charge in [-0.05, 0) is 36.2 Å². The van der Waals surface area contributed by atoms with E-state index in [-0.39, 0.29) is 16.3 Å². The predicted molar refractivity (Wildman–Crippen MR) is 66.1 cm³/mol. The van der Waals surface area contributed by atoms with Crippen molar-refractivity contribution in [2.45, 2.75) is 6.92 Å². The van der Waals surface area contributed by atoms with Gasteiger partial charge in [-0.2, -0.15) is 4.98 Å². The number of halogens is 3. The van der Waals surface area contributed by atoms with Gasteiger partial charge in [-0.15, -0.1) is 10.2 Å². The molecule has 0 aliphatic rings. The molecule has 0 amide bonds. The Balaban J connectivity index is 2.37. The van der Waals surface area contributed by atoms with Crippen LogP contribution in [0.4, 0.5) is 0 Å². The predicted octanol–water partition coefficient (Wildman–Crippen LogP) is 3.93. The third-order valence-corrected chi connectivity index (χ3v) is 2.58. The molecule has 17 heavy (non-hydrogen) atoms. The SMILES string of the molecule is Cc1ccc(Cl)cc1Oc1nc(Cl)nnc1Cl. The lowest BCUT2D eigenvalue weighted by molar-refractivity contribution is 0.454. The van der Waals surface area contributed by atoms with Gasteiger partial charge in [0.15, 0.2) is 0 Å². The summed E-state index contributed by atoms with van der Waals surface area (Å²) in [4.78, 5) is 3.83. The second-order valence-electron chi connectivity index (χ2n) is 3.19. The monoisotopic (exact) mass is 289 g/mol. The van der Waals surface area contributed by atoms with Crippen molar-refractivity contribution in [3.63, 3.8) is 0 Å². The number of ether oxygens (including phenoxy) is 1. The highest BCUT2D eigenvalue weighted by Crippen LogP contribution is 2.30. The summed E-state index contributed by atoms with van der Waals surface area (Å²) < 4.78 is 5.49. The lowest BCUT2D eigenvalue weighted by Crippen LogP contribution is -1.96. The smallest absolute Gasteiger partial charge is 0.262 e. The van der Waals surface area contributed by atoms with E-state index in [9.17, 15) is 0 Å². The van der Waals surface area contributed by atoms with Gasteiger partial charge in [0.1, 0.15) is 5.75 Å². The molecule has 1 aromatic carbocycles. The number of benzene rings is 1. The van der Waals surface area contributed by atoms with Crippen LogP contribution in [-0.2, 0) is 0 Å². The summed E-state index contributed by atoms with van der Waals surface area (Å²) in [5.41, 5.74) is 0.889. The molecule has 0 aliphatic carbocycles. The average molecular weight is 291 g/mol. The summed E-state index contributed by atoms with van der Waals surface area (Å²) in [5, 5.41) is 7.63. The van der Waals surface area contributed by atoms with Crippen LogP contribution in [0.3, 0.4) is 0 Å². The van der Waals surface area contributed by atoms with Crippen molar-refractivity contribution >= 4 is 34.8 Å². The normalized spacial score (nSPS) is 10.4. The van der Waals surface area contributed by atoms with Crippen molar-refractivity contribution in [1.82, 2.24) is 15.2 Å². The third kappa shape index (κ3) is 2.97. The minimum Gasteiger partial charge on any atom is -0.436 e. The minimum atomic E-state index is -0.0379. The maximum Gasteiger partial charge on any atom is 0.262 e. The molecule has 88 valence electrons. The summed E-state index contributed by atoms with van der Waals surface area (Å²) in [6.07, 6.45) is 0. The Morgan fingerprint density at radius 3 is 2.65 bits per heavy atom. The third-order valence-electron chi connectivity index (χ3n) is 1.95. The maximum absolute atomic E-state index is 5.87. The number of rotatable bonds is 2. The van der Waals surface area contributed by atoms with Crippen molar-refractivity contribution in [2.75, 3.05) is 0 Å². The van der Waals surface area contributed by atoms with Crippen molar-refractivity contribution in [3.05, 3.63) is 39.2 Å². The van der Waals surface area contributed by atoms with Crippen molar-refractivity contribution in [2.24, 2.45) is 0 Å². The van der Waals surface area contributed by atoms with E-state index in [4.69, 9.17) is 39.5 Å². The fourth-order valence-electron chi connectivity index (χ4n) is 1.13. The Bertz CT molecular complexity index is 513. The number of hydrogen-bond acceptors (Lipinski definition) is 4. The highest BCUT2D eigenvalue weighted by atomic mass is 35.5. The molecule has 0 saturated carbocycles. The van der Waals surface area contributed by atoms with Gasteiger partial charge in [-0.3, -0.25) is 0 Å². The van der Waals surface area contributed by atoms with E-state index < -0.39 is 0 Å². The molecule has 1 aromatic heterocycles. The second kappa shape index (κ2) is 5.04. The topological polar surface area (TPSA) is 47.9 Å². The maximum atomic E-state index is 5.87. The molecule has 0 unspecified atom stereocenters. The minimum absolute atomic E-state index is 0.0359. The van der Waals surface area contributed by atoms with Crippen LogP contribution in [-0.4, -0.2) is 15.2 Å². The Hall–Kier alpha value is -1.10. The summed E-state index contributed by atoms with van der Waals surface area (Å²) in [7, 11) is 0. The van der Waals surface area contributed by atoms with Gasteiger partial charge >= 0.3 is 0 Å². The van der Waals surface area contributed by atoms with Gasteiger partial charge in [-0.25, -0.2) is 0 Å². The first-order chi connectivity index (χ1) is 8.06. The second-order valence-corrected chi connectivity index (χ2v) is 4.32. The fraction of sp³-hybridized carbons (Fsp3) is 0.100. The van der Waals surface area contributed by atoms with Crippen LogP contribution in [0.1, 0.15) is 5.56 Å². The summed E-state index contributed by atoms with van der Waals surface area (Å²) in [6, 6.07) is 5.24. The molecule has 4 nitrogen and oxygen atoms in total. The van der Waals surface area contributed by atoms with E-state index in [1.165, 1.54) is 0 Å². The van der Waals surface area contributed by atoms with Gasteiger partial charge in [0.25, 0.3) is 5.88 Å². The summed E-state index contributed by atoms with van der Waals surface area (Å²) in [5.74, 6) is 0.632. The molecule has 7 heteroatoms. The molecule has 0 bridgehead atoms. The van der Waals surface area contributed by atoms with E-state index in [1.807, 2.05) is 13.0 Å². The Labute approximate surface area is 113 Å². The Morgan fingerprint density at radius 2 is 1.88 bits per heavy atom. The zero-order valence-corrected chi connectivity index (χ0v) is 10.9. The van der Waals surface area contributed by atoms with E-state index in [0.717, 1.165) is 5.56 Å². The molecular weight excluding hydrogens is 284 g/mol. The molecule has 0 aliphatic heterocycles. The number of hydrogen-bond donors (Lipinski definition) is 0. The van der Waals surface area contributed by atoms with Crippen molar-refractivity contribution < 1.29 is 4.74 Å². The number of aryl methyl sites for hydroxylation is 1. The van der Waals surface area contributed by atoms with E-state index in [0.29, 0.717) is 10.8 Å². The van der Waals surface area contributed by atoms with E-state index in [2.05, 4.69) is 15.2 Å².